The van der Waals surface area contributed by atoms with Gasteiger partial charge in [-0.15, -0.1) is 11.3 Å². The molecule has 0 radical (unpaired) electrons. The van der Waals surface area contributed by atoms with Crippen molar-refractivity contribution in [2.45, 2.75) is 45.6 Å². The van der Waals surface area contributed by atoms with Crippen LogP contribution >= 0.6 is 11.3 Å². The first-order valence-corrected chi connectivity index (χ1v) is 6.64. The Morgan fingerprint density at radius 2 is 2.25 bits per heavy atom. The van der Waals surface area contributed by atoms with E-state index in [-0.39, 0.29) is 12.0 Å². The van der Waals surface area contributed by atoms with Crippen LogP contribution in [0.2, 0.25) is 0 Å². The van der Waals surface area contributed by atoms with Crippen LogP contribution in [-0.4, -0.2) is 16.8 Å². The molecule has 0 aliphatic rings. The molecule has 1 aromatic heterocycles. The van der Waals surface area contributed by atoms with Crippen molar-refractivity contribution in [2.75, 3.05) is 0 Å². The Balaban J connectivity index is 2.25. The number of carbonyl (C=O) groups is 1. The molecule has 2 atom stereocenters. The Morgan fingerprint density at radius 1 is 1.50 bits per heavy atom. The lowest BCUT2D eigenvalue weighted by molar-refractivity contribution is -0.121. The minimum atomic E-state index is 0.127. The van der Waals surface area contributed by atoms with E-state index in [9.17, 15) is 4.79 Å². The van der Waals surface area contributed by atoms with E-state index in [0.717, 1.165) is 24.3 Å². The minimum Gasteiger partial charge on any atom is -0.328 e. The molecule has 0 spiro atoms. The van der Waals surface area contributed by atoms with Gasteiger partial charge in [-0.2, -0.15) is 0 Å². The van der Waals surface area contributed by atoms with Gasteiger partial charge in [0.1, 0.15) is 5.78 Å². The number of ketones is 1. The van der Waals surface area contributed by atoms with Crippen LogP contribution in [0.4, 0.5) is 0 Å². The molecular formula is C12H20N2OS. The summed E-state index contributed by atoms with van der Waals surface area (Å²) in [6.07, 6.45) is 5.19. The largest absolute Gasteiger partial charge is 0.328 e. The highest BCUT2D eigenvalue weighted by Gasteiger charge is 2.14. The third-order valence-electron chi connectivity index (χ3n) is 2.66. The van der Waals surface area contributed by atoms with Gasteiger partial charge >= 0.3 is 0 Å². The van der Waals surface area contributed by atoms with Crippen LogP contribution in [0.25, 0.3) is 0 Å². The maximum atomic E-state index is 11.8. The van der Waals surface area contributed by atoms with Crippen molar-refractivity contribution < 1.29 is 4.79 Å². The fourth-order valence-electron chi connectivity index (χ4n) is 1.57. The second kappa shape index (κ2) is 6.76. The molecule has 1 aromatic rings. The highest BCUT2D eigenvalue weighted by atomic mass is 32.1. The molecule has 0 bridgehead atoms. The number of Topliss-reactive ketones (excluding diaryl/α,β-unsaturated/α-hetero) is 1. The normalized spacial score (nSPS) is 14.7. The number of hydrogen-bond acceptors (Lipinski definition) is 4. The third-order valence-corrected chi connectivity index (χ3v) is 3.43. The van der Waals surface area contributed by atoms with Gasteiger partial charge in [0.25, 0.3) is 0 Å². The van der Waals surface area contributed by atoms with Gasteiger partial charge in [0, 0.05) is 23.5 Å². The first-order chi connectivity index (χ1) is 7.59. The first-order valence-electron chi connectivity index (χ1n) is 5.76. The standard InChI is InChI=1S/C12H20N2OS/c1-9(4-3-5-10(2)13)11(15)8-12-14-6-7-16-12/h6-7,9-10H,3-5,8,13H2,1-2H3. The molecule has 0 amide bonds. The van der Waals surface area contributed by atoms with Gasteiger partial charge < -0.3 is 5.73 Å². The van der Waals surface area contributed by atoms with Crippen molar-refractivity contribution in [1.29, 1.82) is 0 Å². The zero-order chi connectivity index (χ0) is 12.0. The van der Waals surface area contributed by atoms with Crippen molar-refractivity contribution in [3.63, 3.8) is 0 Å². The van der Waals surface area contributed by atoms with Gasteiger partial charge in [-0.05, 0) is 19.8 Å². The van der Waals surface area contributed by atoms with Gasteiger partial charge in [0.05, 0.1) is 11.4 Å². The molecule has 2 N–H and O–H groups in total. The molecule has 0 aliphatic carbocycles. The van der Waals surface area contributed by atoms with Crippen molar-refractivity contribution in [1.82, 2.24) is 4.98 Å². The number of carbonyl (C=O) groups excluding carboxylic acids is 1. The summed E-state index contributed by atoms with van der Waals surface area (Å²) in [5, 5.41) is 2.83. The number of thiazole rings is 1. The van der Waals surface area contributed by atoms with Crippen LogP contribution in [0, 0.1) is 5.92 Å². The second-order valence-corrected chi connectivity index (χ2v) is 5.36. The minimum absolute atomic E-state index is 0.127. The van der Waals surface area contributed by atoms with E-state index in [1.807, 2.05) is 19.2 Å². The molecule has 0 saturated carbocycles. The lowest BCUT2D eigenvalue weighted by Crippen LogP contribution is -2.17. The molecule has 1 rings (SSSR count). The van der Waals surface area contributed by atoms with Crippen molar-refractivity contribution in [3.8, 4) is 0 Å². The van der Waals surface area contributed by atoms with Crippen LogP contribution in [0.3, 0.4) is 0 Å². The Labute approximate surface area is 101 Å². The SMILES string of the molecule is CC(N)CCCC(C)C(=O)Cc1nccs1. The van der Waals surface area contributed by atoms with Crippen LogP contribution in [-0.2, 0) is 11.2 Å². The lowest BCUT2D eigenvalue weighted by atomic mass is 9.96. The smallest absolute Gasteiger partial charge is 0.142 e. The van der Waals surface area contributed by atoms with Crippen LogP contribution in [0.5, 0.6) is 0 Å². The number of hydrogen-bond donors (Lipinski definition) is 1. The maximum Gasteiger partial charge on any atom is 0.142 e. The quantitative estimate of drug-likeness (QED) is 0.796. The Morgan fingerprint density at radius 3 is 2.81 bits per heavy atom. The monoisotopic (exact) mass is 240 g/mol. The van der Waals surface area contributed by atoms with Gasteiger partial charge in [-0.1, -0.05) is 13.3 Å². The molecule has 90 valence electrons. The Kier molecular flexibility index (Phi) is 5.63. The molecule has 0 saturated heterocycles. The summed E-state index contributed by atoms with van der Waals surface area (Å²) >= 11 is 1.55. The number of nitrogens with two attached hydrogens (primary N) is 1. The van der Waals surface area contributed by atoms with E-state index in [1.54, 1.807) is 17.5 Å². The summed E-state index contributed by atoms with van der Waals surface area (Å²) in [7, 11) is 0. The average Bonchev–Trinajstić information content (AvgIpc) is 2.69. The highest BCUT2D eigenvalue weighted by molar-refractivity contribution is 7.09. The molecule has 3 nitrogen and oxygen atoms in total. The molecule has 16 heavy (non-hydrogen) atoms. The molecule has 0 aliphatic heterocycles. The molecule has 4 heteroatoms. The molecule has 0 fully saturated rings. The van der Waals surface area contributed by atoms with Crippen LogP contribution < -0.4 is 5.73 Å². The van der Waals surface area contributed by atoms with E-state index >= 15 is 0 Å². The number of nitrogens with zero attached hydrogens (tertiary/aromatic N) is 1. The summed E-state index contributed by atoms with van der Waals surface area (Å²) in [5.74, 6) is 0.419. The van der Waals surface area contributed by atoms with E-state index in [2.05, 4.69) is 4.98 Å². The predicted molar refractivity (Wildman–Crippen MR) is 67.5 cm³/mol. The number of rotatable bonds is 7. The zero-order valence-corrected chi connectivity index (χ0v) is 10.8. The maximum absolute atomic E-state index is 11.8. The third kappa shape index (κ3) is 4.86. The fraction of sp³-hybridized carbons (Fsp3) is 0.667. The van der Waals surface area contributed by atoms with Gasteiger partial charge in [0.15, 0.2) is 0 Å². The van der Waals surface area contributed by atoms with Crippen molar-refractivity contribution in [2.24, 2.45) is 11.7 Å². The van der Waals surface area contributed by atoms with Gasteiger partial charge in [0.2, 0.25) is 0 Å². The predicted octanol–water partition coefficient (Wildman–Crippen LogP) is 2.41. The van der Waals surface area contributed by atoms with Gasteiger partial charge in [-0.25, -0.2) is 4.98 Å². The van der Waals surface area contributed by atoms with E-state index < -0.39 is 0 Å². The average molecular weight is 240 g/mol. The molecule has 2 unspecified atom stereocenters. The van der Waals surface area contributed by atoms with E-state index in [4.69, 9.17) is 5.73 Å². The first kappa shape index (κ1) is 13.3. The molecule has 1 heterocycles. The van der Waals surface area contributed by atoms with Crippen LogP contribution in [0.15, 0.2) is 11.6 Å². The lowest BCUT2D eigenvalue weighted by Gasteiger charge is -2.10. The van der Waals surface area contributed by atoms with E-state index in [0.29, 0.717) is 12.2 Å². The Hall–Kier alpha value is -0.740. The fourth-order valence-corrected chi connectivity index (χ4v) is 2.20. The molecular weight excluding hydrogens is 220 g/mol. The highest BCUT2D eigenvalue weighted by Crippen LogP contribution is 2.14. The second-order valence-electron chi connectivity index (χ2n) is 4.38. The zero-order valence-electron chi connectivity index (χ0n) is 9.98. The number of aromatic nitrogens is 1. The van der Waals surface area contributed by atoms with Gasteiger partial charge in [-0.3, -0.25) is 4.79 Å². The van der Waals surface area contributed by atoms with E-state index in [1.165, 1.54) is 0 Å². The summed E-state index contributed by atoms with van der Waals surface area (Å²) in [4.78, 5) is 15.9. The summed E-state index contributed by atoms with van der Waals surface area (Å²) in [6.45, 7) is 4.00. The topological polar surface area (TPSA) is 56.0 Å². The van der Waals surface area contributed by atoms with Crippen molar-refractivity contribution in [3.05, 3.63) is 16.6 Å². The Bertz CT molecular complexity index is 309. The summed E-state index contributed by atoms with van der Waals surface area (Å²) in [6, 6.07) is 0.237. The summed E-state index contributed by atoms with van der Waals surface area (Å²) in [5.41, 5.74) is 5.67. The van der Waals surface area contributed by atoms with Crippen LogP contribution in [0.1, 0.15) is 38.1 Å². The summed E-state index contributed by atoms with van der Waals surface area (Å²) < 4.78 is 0. The molecule has 0 aromatic carbocycles. The van der Waals surface area contributed by atoms with Crippen molar-refractivity contribution >= 4 is 17.1 Å².